The van der Waals surface area contributed by atoms with E-state index < -0.39 is 36.0 Å². The number of fused-ring (bicyclic) bond motifs is 1. The van der Waals surface area contributed by atoms with Crippen LogP contribution in [0.25, 0.3) is 0 Å². The Hall–Kier alpha value is -1.92. The molecule has 5 rings (SSSR count). The van der Waals surface area contributed by atoms with Gasteiger partial charge >= 0.3 is 216 Å². The van der Waals surface area contributed by atoms with Gasteiger partial charge in [-0.3, -0.25) is 0 Å². The third-order valence-electron chi connectivity index (χ3n) is 8.17. The average molecular weight is 576 g/mol. The fourth-order valence-electron chi connectivity index (χ4n) is 5.97. The second-order valence-electron chi connectivity index (χ2n) is 9.96. The molecule has 0 N–H and O–H groups in total. The molecule has 0 aromatic heterocycles. The van der Waals surface area contributed by atoms with E-state index in [-0.39, 0.29) is 5.92 Å². The zero-order valence-corrected chi connectivity index (χ0v) is 23.8. The van der Waals surface area contributed by atoms with Crippen molar-refractivity contribution in [2.24, 2.45) is 5.92 Å². The number of methoxy groups -OCH3 is 1. The Morgan fingerprint density at radius 2 is 1.40 bits per heavy atom. The molecule has 2 fully saturated rings. The van der Waals surface area contributed by atoms with Crippen molar-refractivity contribution in [3.8, 4) is 0 Å². The Kier molecular flexibility index (Phi) is 6.85. The maximum atomic E-state index is 8.83. The summed E-state index contributed by atoms with van der Waals surface area (Å²) in [4.78, 5) is 0. The number of hydrogen-bond acceptors (Lipinski definition) is 3. The Morgan fingerprint density at radius 3 is 1.89 bits per heavy atom. The molecule has 35 heavy (non-hydrogen) atoms. The van der Waals surface area contributed by atoms with Crippen molar-refractivity contribution in [1.29, 1.82) is 0 Å². The van der Waals surface area contributed by atoms with Crippen LogP contribution in [0.2, 0.25) is 0 Å². The first-order valence-corrected chi connectivity index (χ1v) is 18.5. The van der Waals surface area contributed by atoms with Gasteiger partial charge in [0.25, 0.3) is 0 Å². The minimum absolute atomic E-state index is 0.105. The molecule has 4 atom stereocenters. The summed E-state index contributed by atoms with van der Waals surface area (Å²) < 4.78 is 34.1. The van der Waals surface area contributed by atoms with E-state index in [1.54, 1.807) is 7.11 Å². The molecule has 2 heterocycles. The second-order valence-corrected chi connectivity index (χ2v) is 20.3. The van der Waals surface area contributed by atoms with Gasteiger partial charge in [0, 0.05) is 0 Å². The minimum atomic E-state index is -3.60. The van der Waals surface area contributed by atoms with Crippen molar-refractivity contribution in [1.82, 2.24) is 0 Å². The Labute approximate surface area is 215 Å². The van der Waals surface area contributed by atoms with E-state index in [0.717, 1.165) is 6.42 Å². The van der Waals surface area contributed by atoms with Gasteiger partial charge in [-0.15, -0.1) is 0 Å². The molecule has 2 aliphatic rings. The molecule has 3 nitrogen and oxygen atoms in total. The Balaban J connectivity index is 1.71. The molecule has 0 spiro atoms. The summed E-state index contributed by atoms with van der Waals surface area (Å²) in [5.41, 5.74) is 0.103. The van der Waals surface area contributed by atoms with Crippen molar-refractivity contribution >= 4 is 29.1 Å². The fraction of sp³-hybridized carbons (Fsp3) is 0.355. The van der Waals surface area contributed by atoms with E-state index in [2.05, 4.69) is 102 Å². The summed E-state index contributed by atoms with van der Waals surface area (Å²) >= 11 is -3.60. The van der Waals surface area contributed by atoms with Gasteiger partial charge < -0.3 is 0 Å². The third-order valence-corrected chi connectivity index (χ3v) is 21.1. The number of benzene rings is 3. The summed E-state index contributed by atoms with van der Waals surface area (Å²) in [6.45, 7) is 5.72. The van der Waals surface area contributed by atoms with E-state index in [0.29, 0.717) is 19.8 Å². The summed E-state index contributed by atoms with van der Waals surface area (Å²) in [6, 6.07) is 33.3. The summed E-state index contributed by atoms with van der Waals surface area (Å²) in [7, 11) is 1.65. The molecule has 2 aliphatic heterocycles. The fourth-order valence-corrected chi connectivity index (χ4v) is 19.0. The van der Waals surface area contributed by atoms with Gasteiger partial charge in [-0.05, 0) is 0 Å². The predicted octanol–water partition coefficient (Wildman–Crippen LogP) is 4.24. The van der Waals surface area contributed by atoms with Crippen LogP contribution in [0.3, 0.4) is 0 Å². The van der Waals surface area contributed by atoms with E-state index in [1.165, 1.54) is 16.3 Å². The molecule has 4 heteroatoms. The van der Waals surface area contributed by atoms with Crippen LogP contribution in [0.1, 0.15) is 28.0 Å². The van der Waals surface area contributed by atoms with Gasteiger partial charge in [0.05, 0.1) is 0 Å². The van der Waals surface area contributed by atoms with Gasteiger partial charge in [-0.1, -0.05) is 0 Å². The molecule has 0 bridgehead atoms. The van der Waals surface area contributed by atoms with Crippen molar-refractivity contribution in [3.05, 3.63) is 101 Å². The standard InChI is InChI=1S/C13H21O3.3C6H5.Sn/c1-10-5-7-15-13(3)11(10)9-16-12(13,2)6-8-14-4;3*1-2-4-6-5-3-1;/h1,11H,5-9H2,2-4H3;3*1-5H;/t11-,12-,13+;;;;/m1..../s1/i6D;;;;/t6?,11-,12-,13+;;;;. The Bertz CT molecular complexity index is 1090. The van der Waals surface area contributed by atoms with E-state index in [1.807, 2.05) is 6.92 Å². The monoisotopic (exact) mass is 577 g/mol. The normalized spacial score (nSPS) is 28.9. The van der Waals surface area contributed by atoms with Crippen LogP contribution in [0.4, 0.5) is 0 Å². The van der Waals surface area contributed by atoms with Gasteiger partial charge in [-0.2, -0.15) is 0 Å². The third kappa shape index (κ3) is 4.31. The molecule has 3 aromatic carbocycles. The van der Waals surface area contributed by atoms with Crippen LogP contribution in [0.5, 0.6) is 0 Å². The first-order valence-electron chi connectivity index (χ1n) is 13.1. The average Bonchev–Trinajstić information content (AvgIpc) is 3.21. The number of hydrogen-bond donors (Lipinski definition) is 0. The maximum absolute atomic E-state index is 8.83. The van der Waals surface area contributed by atoms with Gasteiger partial charge in [-0.25, -0.2) is 0 Å². The van der Waals surface area contributed by atoms with Gasteiger partial charge in [0.2, 0.25) is 0 Å². The second kappa shape index (κ2) is 10.2. The molecule has 0 amide bonds. The number of ether oxygens (including phenoxy) is 3. The van der Waals surface area contributed by atoms with Crippen LogP contribution in [0, 0.1) is 5.92 Å². The first-order chi connectivity index (χ1) is 17.5. The van der Waals surface area contributed by atoms with Gasteiger partial charge in [0.1, 0.15) is 0 Å². The zero-order valence-electron chi connectivity index (χ0n) is 21.9. The van der Waals surface area contributed by atoms with Gasteiger partial charge in [0.15, 0.2) is 0 Å². The summed E-state index contributed by atoms with van der Waals surface area (Å²) in [5, 5.41) is 0. The van der Waals surface area contributed by atoms with E-state index in [4.69, 9.17) is 15.6 Å². The van der Waals surface area contributed by atoms with E-state index >= 15 is 0 Å². The number of rotatable bonds is 7. The zero-order chi connectivity index (χ0) is 25.2. The van der Waals surface area contributed by atoms with Crippen LogP contribution >= 0.6 is 0 Å². The SMILES string of the molecule is [2H]C(COC)[C@@]1(C)OC[C@@H]2/C(=[CH]/[Sn]([c]3ccccc3)([c]3ccccc3)[c]3ccccc3)CCO[C@@]21C. The van der Waals surface area contributed by atoms with Crippen LogP contribution in [0.15, 0.2) is 101 Å². The van der Waals surface area contributed by atoms with Crippen LogP contribution in [-0.4, -0.2) is 56.5 Å². The molecule has 182 valence electrons. The van der Waals surface area contributed by atoms with Crippen LogP contribution in [-0.2, 0) is 14.2 Å². The van der Waals surface area contributed by atoms with Crippen LogP contribution < -0.4 is 10.7 Å². The van der Waals surface area contributed by atoms with Crippen molar-refractivity contribution < 1.29 is 15.6 Å². The quantitative estimate of drug-likeness (QED) is 0.394. The van der Waals surface area contributed by atoms with Crippen molar-refractivity contribution in [3.63, 3.8) is 0 Å². The molecular weight excluding hydrogens is 539 g/mol. The Morgan fingerprint density at radius 1 is 0.886 bits per heavy atom. The molecule has 3 aromatic rings. The van der Waals surface area contributed by atoms with E-state index in [9.17, 15) is 0 Å². The molecule has 0 radical (unpaired) electrons. The molecule has 0 aliphatic carbocycles. The predicted molar refractivity (Wildman–Crippen MR) is 145 cm³/mol. The summed E-state index contributed by atoms with van der Waals surface area (Å²) in [6.07, 6.45) is 0.361. The molecule has 0 saturated carbocycles. The first kappa shape index (κ1) is 23.5. The topological polar surface area (TPSA) is 27.7 Å². The summed E-state index contributed by atoms with van der Waals surface area (Å²) in [5.74, 6) is 0.105. The molecular formula is C31H36O3Sn. The molecule has 2 saturated heterocycles. The molecule has 1 unspecified atom stereocenters. The van der Waals surface area contributed by atoms with Crippen molar-refractivity contribution in [2.45, 2.75) is 37.9 Å². The van der Waals surface area contributed by atoms with Crippen molar-refractivity contribution in [2.75, 3.05) is 26.9 Å².